The van der Waals surface area contributed by atoms with E-state index in [0.29, 0.717) is 6.04 Å². The van der Waals surface area contributed by atoms with Crippen LogP contribution < -0.4 is 10.2 Å². The van der Waals surface area contributed by atoms with Gasteiger partial charge in [0.05, 0.1) is 41.8 Å². The highest BCUT2D eigenvalue weighted by Crippen LogP contribution is 2.23. The standard InChI is InChI=1S/C18H24N4O/c1-12(2)21-11-10-19-18(23)17(21)16-13(3)20-22(14(16)4)15-8-6-5-7-9-15/h5-9,12,17H,10-11H2,1-4H3,(H,19,23)/p+1/t17-/m1/s1. The number of nitrogens with one attached hydrogen (secondary N) is 2. The van der Waals surface area contributed by atoms with Crippen LogP contribution in [-0.4, -0.2) is 34.8 Å². The van der Waals surface area contributed by atoms with Crippen LogP contribution in [-0.2, 0) is 4.79 Å². The van der Waals surface area contributed by atoms with Gasteiger partial charge >= 0.3 is 0 Å². The molecule has 0 spiro atoms. The number of rotatable bonds is 3. The number of piperazine rings is 1. The van der Waals surface area contributed by atoms with Gasteiger partial charge < -0.3 is 10.2 Å². The molecular weight excluding hydrogens is 288 g/mol. The number of aryl methyl sites for hydroxylation is 1. The van der Waals surface area contributed by atoms with Crippen LogP contribution in [0.4, 0.5) is 0 Å². The van der Waals surface area contributed by atoms with Gasteiger partial charge in [0.25, 0.3) is 5.91 Å². The first-order valence-electron chi connectivity index (χ1n) is 8.25. The van der Waals surface area contributed by atoms with Gasteiger partial charge in [0.15, 0.2) is 6.04 Å². The van der Waals surface area contributed by atoms with E-state index in [2.05, 4.69) is 26.1 Å². The summed E-state index contributed by atoms with van der Waals surface area (Å²) in [5, 5.41) is 7.73. The van der Waals surface area contributed by atoms with Gasteiger partial charge in [-0.2, -0.15) is 5.10 Å². The predicted molar refractivity (Wildman–Crippen MR) is 89.8 cm³/mol. The van der Waals surface area contributed by atoms with Gasteiger partial charge in [-0.3, -0.25) is 4.79 Å². The average Bonchev–Trinajstić information content (AvgIpc) is 2.83. The number of quaternary nitrogens is 1. The van der Waals surface area contributed by atoms with E-state index in [0.717, 1.165) is 35.7 Å². The minimum atomic E-state index is -0.179. The highest BCUT2D eigenvalue weighted by Gasteiger charge is 2.40. The molecule has 0 aliphatic carbocycles. The Hall–Kier alpha value is -2.14. The fraction of sp³-hybridized carbons (Fsp3) is 0.444. The SMILES string of the molecule is Cc1nn(-c2ccccc2)c(C)c1[C@@H]1C(=O)NCC[NH+]1C(C)C. The molecule has 1 aliphatic rings. The van der Waals surface area contributed by atoms with Crippen LogP contribution in [0.1, 0.15) is 36.8 Å². The lowest BCUT2D eigenvalue weighted by Crippen LogP contribution is -3.18. The summed E-state index contributed by atoms with van der Waals surface area (Å²) in [6, 6.07) is 10.3. The zero-order valence-electron chi connectivity index (χ0n) is 14.3. The lowest BCUT2D eigenvalue weighted by molar-refractivity contribution is -0.944. The third-order valence-electron chi connectivity index (χ3n) is 4.72. The molecule has 1 aliphatic heterocycles. The molecule has 1 fully saturated rings. The summed E-state index contributed by atoms with van der Waals surface area (Å²) >= 11 is 0. The summed E-state index contributed by atoms with van der Waals surface area (Å²) in [6.45, 7) is 10.1. The molecule has 1 aromatic carbocycles. The van der Waals surface area contributed by atoms with Crippen molar-refractivity contribution in [2.75, 3.05) is 13.1 Å². The van der Waals surface area contributed by atoms with Crippen LogP contribution >= 0.6 is 0 Å². The Bertz CT molecular complexity index is 705. The van der Waals surface area contributed by atoms with Crippen LogP contribution in [0.25, 0.3) is 5.69 Å². The Balaban J connectivity index is 2.09. The Morgan fingerprint density at radius 1 is 1.26 bits per heavy atom. The van der Waals surface area contributed by atoms with Gasteiger partial charge in [-0.25, -0.2) is 4.68 Å². The van der Waals surface area contributed by atoms with Crippen molar-refractivity contribution in [1.82, 2.24) is 15.1 Å². The van der Waals surface area contributed by atoms with Crippen LogP contribution in [0.2, 0.25) is 0 Å². The molecule has 5 nitrogen and oxygen atoms in total. The maximum absolute atomic E-state index is 12.6. The predicted octanol–water partition coefficient (Wildman–Crippen LogP) is 0.953. The zero-order chi connectivity index (χ0) is 16.6. The molecule has 0 saturated carbocycles. The normalized spacial score (nSPS) is 21.5. The average molecular weight is 313 g/mol. The minimum absolute atomic E-state index is 0.110. The number of hydrogen-bond acceptors (Lipinski definition) is 2. The molecule has 23 heavy (non-hydrogen) atoms. The zero-order valence-corrected chi connectivity index (χ0v) is 14.3. The van der Waals surface area contributed by atoms with E-state index in [1.807, 2.05) is 41.9 Å². The number of nitrogens with zero attached hydrogens (tertiary/aromatic N) is 2. The van der Waals surface area contributed by atoms with E-state index in [-0.39, 0.29) is 11.9 Å². The Kier molecular flexibility index (Phi) is 4.22. The maximum Gasteiger partial charge on any atom is 0.283 e. The molecule has 3 rings (SSSR count). The van der Waals surface area contributed by atoms with Gasteiger partial charge in [-0.15, -0.1) is 0 Å². The fourth-order valence-corrected chi connectivity index (χ4v) is 3.58. The molecule has 1 saturated heterocycles. The maximum atomic E-state index is 12.6. The van der Waals surface area contributed by atoms with Gasteiger partial charge in [0.2, 0.25) is 0 Å². The van der Waals surface area contributed by atoms with E-state index in [4.69, 9.17) is 5.10 Å². The number of carbonyl (C=O) groups excluding carboxylic acids is 1. The smallest absolute Gasteiger partial charge is 0.283 e. The molecule has 1 aromatic heterocycles. The Morgan fingerprint density at radius 2 is 1.96 bits per heavy atom. The summed E-state index contributed by atoms with van der Waals surface area (Å²) in [5.74, 6) is 0.110. The largest absolute Gasteiger partial charge is 0.345 e. The molecule has 2 N–H and O–H groups in total. The van der Waals surface area contributed by atoms with E-state index in [9.17, 15) is 4.79 Å². The number of para-hydroxylation sites is 1. The van der Waals surface area contributed by atoms with Crippen LogP contribution in [0.15, 0.2) is 30.3 Å². The number of hydrogen-bond donors (Lipinski definition) is 2. The molecule has 0 radical (unpaired) electrons. The number of benzene rings is 1. The number of aromatic nitrogens is 2. The van der Waals surface area contributed by atoms with Gasteiger partial charge in [-0.1, -0.05) is 18.2 Å². The van der Waals surface area contributed by atoms with Crippen molar-refractivity contribution in [1.29, 1.82) is 0 Å². The molecule has 122 valence electrons. The first-order valence-corrected chi connectivity index (χ1v) is 8.25. The van der Waals surface area contributed by atoms with E-state index in [1.54, 1.807) is 0 Å². The van der Waals surface area contributed by atoms with Gasteiger partial charge in [-0.05, 0) is 39.8 Å². The quantitative estimate of drug-likeness (QED) is 0.886. The molecule has 2 heterocycles. The molecular formula is C18H25N4O+. The van der Waals surface area contributed by atoms with Crippen molar-refractivity contribution in [3.63, 3.8) is 0 Å². The van der Waals surface area contributed by atoms with Crippen molar-refractivity contribution in [3.05, 3.63) is 47.3 Å². The van der Waals surface area contributed by atoms with Crippen LogP contribution in [0.5, 0.6) is 0 Å². The lowest BCUT2D eigenvalue weighted by atomic mass is 9.99. The number of amides is 1. The van der Waals surface area contributed by atoms with Gasteiger partial charge in [0.1, 0.15) is 0 Å². The van der Waals surface area contributed by atoms with Crippen molar-refractivity contribution in [2.45, 2.75) is 39.8 Å². The van der Waals surface area contributed by atoms with Crippen LogP contribution in [0.3, 0.4) is 0 Å². The second-order valence-electron chi connectivity index (χ2n) is 6.54. The molecule has 2 aromatic rings. The molecule has 1 amide bonds. The Labute approximate surface area is 137 Å². The summed E-state index contributed by atoms with van der Waals surface area (Å²) in [5.41, 5.74) is 4.08. The molecule has 2 atom stereocenters. The van der Waals surface area contributed by atoms with E-state index < -0.39 is 0 Å². The third kappa shape index (κ3) is 2.77. The van der Waals surface area contributed by atoms with Crippen molar-refractivity contribution in [3.8, 4) is 5.69 Å². The second-order valence-corrected chi connectivity index (χ2v) is 6.54. The van der Waals surface area contributed by atoms with Crippen molar-refractivity contribution < 1.29 is 9.69 Å². The highest BCUT2D eigenvalue weighted by atomic mass is 16.2. The monoisotopic (exact) mass is 313 g/mol. The second kappa shape index (κ2) is 6.16. The van der Waals surface area contributed by atoms with Crippen molar-refractivity contribution in [2.24, 2.45) is 0 Å². The summed E-state index contributed by atoms with van der Waals surface area (Å²) in [6.07, 6.45) is 0. The number of carbonyl (C=O) groups is 1. The van der Waals surface area contributed by atoms with E-state index in [1.165, 1.54) is 4.90 Å². The fourth-order valence-electron chi connectivity index (χ4n) is 3.58. The summed E-state index contributed by atoms with van der Waals surface area (Å²) in [4.78, 5) is 13.9. The molecule has 5 heteroatoms. The van der Waals surface area contributed by atoms with Gasteiger partial charge in [0, 0.05) is 0 Å². The minimum Gasteiger partial charge on any atom is -0.345 e. The molecule has 0 bridgehead atoms. The summed E-state index contributed by atoms with van der Waals surface area (Å²) in [7, 11) is 0. The molecule has 1 unspecified atom stereocenters. The van der Waals surface area contributed by atoms with E-state index >= 15 is 0 Å². The topological polar surface area (TPSA) is 51.4 Å². The third-order valence-corrected chi connectivity index (χ3v) is 4.72. The van der Waals surface area contributed by atoms with Crippen LogP contribution in [0, 0.1) is 13.8 Å². The van der Waals surface area contributed by atoms with Crippen molar-refractivity contribution >= 4 is 5.91 Å². The Morgan fingerprint density at radius 3 is 2.61 bits per heavy atom. The highest BCUT2D eigenvalue weighted by molar-refractivity contribution is 5.83. The summed E-state index contributed by atoms with van der Waals surface area (Å²) < 4.78 is 1.95. The first-order chi connectivity index (χ1) is 11.0. The first kappa shape index (κ1) is 15.7. The lowest BCUT2D eigenvalue weighted by Gasteiger charge is -2.35.